The predicted octanol–water partition coefficient (Wildman–Crippen LogP) is 2.16. The van der Waals surface area contributed by atoms with E-state index in [1.807, 2.05) is 45.9 Å². The summed E-state index contributed by atoms with van der Waals surface area (Å²) >= 11 is 0. The van der Waals surface area contributed by atoms with Crippen LogP contribution in [0.5, 0.6) is 0 Å². The zero-order chi connectivity index (χ0) is 17.2. The Hall–Kier alpha value is -2.24. The van der Waals surface area contributed by atoms with Crippen molar-refractivity contribution < 1.29 is 14.3 Å². The van der Waals surface area contributed by atoms with Gasteiger partial charge in [0.2, 0.25) is 5.91 Å². The Bertz CT molecular complexity index is 608. The molecular weight excluding hydrogens is 294 g/mol. The zero-order valence-electron chi connectivity index (χ0n) is 14.3. The maximum Gasteiger partial charge on any atom is 0.410 e. The number of carbonyl (C=O) groups is 2. The SMILES string of the molecule is Cc1ccc(N)cc1CN1CCN(C(=O)OC(C)(C)C)CC1=O. The predicted molar refractivity (Wildman–Crippen MR) is 88.8 cm³/mol. The molecule has 0 spiro atoms. The number of ether oxygens (including phenoxy) is 1. The molecule has 1 aliphatic heterocycles. The van der Waals surface area contributed by atoms with E-state index in [4.69, 9.17) is 10.5 Å². The van der Waals surface area contributed by atoms with Crippen molar-refractivity contribution in [3.63, 3.8) is 0 Å². The minimum atomic E-state index is -0.560. The first kappa shape index (κ1) is 17.1. The van der Waals surface area contributed by atoms with Crippen LogP contribution >= 0.6 is 0 Å². The van der Waals surface area contributed by atoms with E-state index in [1.54, 1.807) is 4.90 Å². The third-order valence-electron chi connectivity index (χ3n) is 3.70. The van der Waals surface area contributed by atoms with Crippen LogP contribution in [0.4, 0.5) is 10.5 Å². The van der Waals surface area contributed by atoms with Crippen molar-refractivity contribution in [3.05, 3.63) is 29.3 Å². The summed E-state index contributed by atoms with van der Waals surface area (Å²) in [5.41, 5.74) is 8.07. The van der Waals surface area contributed by atoms with Gasteiger partial charge < -0.3 is 15.4 Å². The van der Waals surface area contributed by atoms with E-state index in [-0.39, 0.29) is 12.5 Å². The van der Waals surface area contributed by atoms with Gasteiger partial charge in [0.15, 0.2) is 0 Å². The normalized spacial score (nSPS) is 15.7. The molecule has 1 aliphatic rings. The molecule has 0 atom stereocenters. The molecule has 1 heterocycles. The van der Waals surface area contributed by atoms with Crippen LogP contribution in [0.2, 0.25) is 0 Å². The summed E-state index contributed by atoms with van der Waals surface area (Å²) in [6, 6.07) is 5.69. The number of hydrogen-bond acceptors (Lipinski definition) is 4. The van der Waals surface area contributed by atoms with Gasteiger partial charge in [-0.25, -0.2) is 4.79 Å². The Kier molecular flexibility index (Phi) is 4.82. The molecular formula is C17H25N3O3. The van der Waals surface area contributed by atoms with Crippen molar-refractivity contribution in [1.82, 2.24) is 9.80 Å². The van der Waals surface area contributed by atoms with Gasteiger partial charge in [0, 0.05) is 25.3 Å². The maximum absolute atomic E-state index is 12.3. The Morgan fingerprint density at radius 2 is 2.00 bits per heavy atom. The third kappa shape index (κ3) is 4.61. The fourth-order valence-electron chi connectivity index (χ4n) is 2.43. The summed E-state index contributed by atoms with van der Waals surface area (Å²) in [6.07, 6.45) is -0.439. The molecule has 1 aromatic carbocycles. The molecule has 2 N–H and O–H groups in total. The quantitative estimate of drug-likeness (QED) is 0.848. The van der Waals surface area contributed by atoms with E-state index in [9.17, 15) is 9.59 Å². The van der Waals surface area contributed by atoms with Gasteiger partial charge in [-0.2, -0.15) is 0 Å². The highest BCUT2D eigenvalue weighted by Gasteiger charge is 2.30. The van der Waals surface area contributed by atoms with Crippen LogP contribution in [-0.2, 0) is 16.1 Å². The first-order valence-electron chi connectivity index (χ1n) is 7.76. The van der Waals surface area contributed by atoms with Crippen LogP contribution in [0, 0.1) is 6.92 Å². The Morgan fingerprint density at radius 1 is 1.30 bits per heavy atom. The van der Waals surface area contributed by atoms with Gasteiger partial charge in [0.1, 0.15) is 12.1 Å². The molecule has 2 amide bonds. The lowest BCUT2D eigenvalue weighted by molar-refractivity contribution is -0.136. The summed E-state index contributed by atoms with van der Waals surface area (Å²) < 4.78 is 5.31. The molecule has 0 aliphatic carbocycles. The molecule has 6 nitrogen and oxygen atoms in total. The van der Waals surface area contributed by atoms with Gasteiger partial charge in [-0.15, -0.1) is 0 Å². The highest BCUT2D eigenvalue weighted by Crippen LogP contribution is 2.18. The number of nitrogens with two attached hydrogens (primary N) is 1. The Labute approximate surface area is 137 Å². The standard InChI is InChI=1S/C17H25N3O3/c1-12-5-6-14(18)9-13(12)10-19-7-8-20(11-15(19)21)16(22)23-17(2,3)4/h5-6,9H,7-8,10-11,18H2,1-4H3. The summed E-state index contributed by atoms with van der Waals surface area (Å²) in [5.74, 6) is -0.0797. The van der Waals surface area contributed by atoms with Gasteiger partial charge in [0.25, 0.3) is 0 Å². The number of aryl methyl sites for hydroxylation is 1. The van der Waals surface area contributed by atoms with Crippen molar-refractivity contribution in [2.75, 3.05) is 25.4 Å². The second kappa shape index (κ2) is 6.48. The number of nitrogens with zero attached hydrogens (tertiary/aromatic N) is 2. The highest BCUT2D eigenvalue weighted by atomic mass is 16.6. The van der Waals surface area contributed by atoms with Crippen LogP contribution < -0.4 is 5.73 Å². The van der Waals surface area contributed by atoms with Crippen molar-refractivity contribution in [3.8, 4) is 0 Å². The number of anilines is 1. The lowest BCUT2D eigenvalue weighted by atomic mass is 10.1. The average Bonchev–Trinajstić information content (AvgIpc) is 2.43. The molecule has 126 valence electrons. The number of rotatable bonds is 2. The van der Waals surface area contributed by atoms with Gasteiger partial charge in [-0.3, -0.25) is 9.69 Å². The summed E-state index contributed by atoms with van der Waals surface area (Å²) in [5, 5.41) is 0. The van der Waals surface area contributed by atoms with Crippen molar-refractivity contribution in [2.45, 2.75) is 39.8 Å². The minimum Gasteiger partial charge on any atom is -0.444 e. The van der Waals surface area contributed by atoms with E-state index in [1.165, 1.54) is 4.90 Å². The van der Waals surface area contributed by atoms with Crippen LogP contribution in [0.1, 0.15) is 31.9 Å². The Balaban J connectivity index is 1.98. The topological polar surface area (TPSA) is 75.9 Å². The third-order valence-corrected chi connectivity index (χ3v) is 3.70. The van der Waals surface area contributed by atoms with Crippen LogP contribution in [0.3, 0.4) is 0 Å². The van der Waals surface area contributed by atoms with Gasteiger partial charge >= 0.3 is 6.09 Å². The van der Waals surface area contributed by atoms with Crippen molar-refractivity contribution in [2.24, 2.45) is 0 Å². The molecule has 2 rings (SSSR count). The molecule has 23 heavy (non-hydrogen) atoms. The van der Waals surface area contributed by atoms with E-state index in [2.05, 4.69) is 0 Å². The molecule has 0 radical (unpaired) electrons. The second-order valence-corrected chi connectivity index (χ2v) is 6.90. The number of carbonyl (C=O) groups excluding carboxylic acids is 2. The zero-order valence-corrected chi connectivity index (χ0v) is 14.3. The molecule has 0 saturated carbocycles. The molecule has 1 fully saturated rings. The largest absolute Gasteiger partial charge is 0.444 e. The van der Waals surface area contributed by atoms with Gasteiger partial charge in [-0.05, 0) is 51.0 Å². The van der Waals surface area contributed by atoms with E-state index in [0.29, 0.717) is 25.3 Å². The molecule has 0 aromatic heterocycles. The van der Waals surface area contributed by atoms with E-state index in [0.717, 1.165) is 11.1 Å². The average molecular weight is 319 g/mol. The molecule has 1 aromatic rings. The Morgan fingerprint density at radius 3 is 2.61 bits per heavy atom. The highest BCUT2D eigenvalue weighted by molar-refractivity contribution is 5.83. The van der Waals surface area contributed by atoms with Crippen molar-refractivity contribution in [1.29, 1.82) is 0 Å². The van der Waals surface area contributed by atoms with Crippen LogP contribution in [0.25, 0.3) is 0 Å². The first-order valence-corrected chi connectivity index (χ1v) is 7.76. The molecule has 6 heteroatoms. The first-order chi connectivity index (χ1) is 10.7. The monoisotopic (exact) mass is 319 g/mol. The molecule has 1 saturated heterocycles. The smallest absolute Gasteiger partial charge is 0.410 e. The maximum atomic E-state index is 12.3. The van der Waals surface area contributed by atoms with Crippen LogP contribution in [0.15, 0.2) is 18.2 Å². The van der Waals surface area contributed by atoms with Gasteiger partial charge in [-0.1, -0.05) is 6.07 Å². The van der Waals surface area contributed by atoms with E-state index < -0.39 is 11.7 Å². The fourth-order valence-corrected chi connectivity index (χ4v) is 2.43. The molecule has 0 bridgehead atoms. The number of benzene rings is 1. The van der Waals surface area contributed by atoms with Gasteiger partial charge in [0.05, 0.1) is 0 Å². The number of nitrogen functional groups attached to an aromatic ring is 1. The van der Waals surface area contributed by atoms with E-state index >= 15 is 0 Å². The fraction of sp³-hybridized carbons (Fsp3) is 0.529. The summed E-state index contributed by atoms with van der Waals surface area (Å²) in [6.45, 7) is 8.96. The summed E-state index contributed by atoms with van der Waals surface area (Å²) in [7, 11) is 0. The number of hydrogen-bond donors (Lipinski definition) is 1. The number of amides is 2. The number of piperazine rings is 1. The lowest BCUT2D eigenvalue weighted by Gasteiger charge is -2.35. The van der Waals surface area contributed by atoms with Crippen LogP contribution in [-0.4, -0.2) is 47.0 Å². The molecule has 0 unspecified atom stereocenters. The minimum absolute atomic E-state index is 0.0519. The lowest BCUT2D eigenvalue weighted by Crippen LogP contribution is -2.52. The second-order valence-electron chi connectivity index (χ2n) is 6.90. The summed E-state index contributed by atoms with van der Waals surface area (Å²) in [4.78, 5) is 27.6. The van der Waals surface area contributed by atoms with Crippen molar-refractivity contribution >= 4 is 17.7 Å².